The Morgan fingerprint density at radius 3 is 2.62 bits per heavy atom. The summed E-state index contributed by atoms with van der Waals surface area (Å²) < 4.78 is 5.90. The predicted octanol–water partition coefficient (Wildman–Crippen LogP) is 4.22. The lowest BCUT2D eigenvalue weighted by Gasteiger charge is -2.45. The fraction of sp³-hybridized carbons (Fsp3) is 0.760. The van der Waals surface area contributed by atoms with Crippen LogP contribution in [0, 0.1) is 39.9 Å². The summed E-state index contributed by atoms with van der Waals surface area (Å²) in [5, 5.41) is 11.8. The fourth-order valence-corrected chi connectivity index (χ4v) is 8.21. The van der Waals surface area contributed by atoms with Crippen molar-refractivity contribution in [1.29, 1.82) is 0 Å². The maximum atomic E-state index is 13.5. The van der Waals surface area contributed by atoms with Crippen molar-refractivity contribution in [3.63, 3.8) is 0 Å². The molecular weight excluding hydrogens is 364 g/mol. The van der Waals surface area contributed by atoms with E-state index in [0.717, 1.165) is 12.8 Å². The van der Waals surface area contributed by atoms with E-state index in [9.17, 15) is 14.7 Å². The molecule has 0 aromatic heterocycles. The lowest BCUT2D eigenvalue weighted by Crippen LogP contribution is -2.49. The van der Waals surface area contributed by atoms with E-state index in [0.29, 0.717) is 48.9 Å². The molecule has 0 aromatic carbocycles. The van der Waals surface area contributed by atoms with Crippen LogP contribution in [-0.2, 0) is 14.3 Å². The van der Waals surface area contributed by atoms with Gasteiger partial charge < -0.3 is 9.84 Å². The molecule has 158 valence electrons. The third-order valence-corrected chi connectivity index (χ3v) is 9.99. The summed E-state index contributed by atoms with van der Waals surface area (Å²) in [5.74, 6) is 0.901. The Balaban J connectivity index is 1.64. The lowest BCUT2D eigenvalue weighted by molar-refractivity contribution is -0.146. The van der Waals surface area contributed by atoms with Crippen molar-refractivity contribution in [2.45, 2.75) is 77.9 Å². The Morgan fingerprint density at radius 1 is 1.28 bits per heavy atom. The van der Waals surface area contributed by atoms with Crippen LogP contribution in [0.15, 0.2) is 24.3 Å². The summed E-state index contributed by atoms with van der Waals surface area (Å²) in [4.78, 5) is 25.9. The van der Waals surface area contributed by atoms with Gasteiger partial charge in [-0.1, -0.05) is 32.6 Å². The van der Waals surface area contributed by atoms with Gasteiger partial charge in [0.2, 0.25) is 0 Å². The molecule has 1 aliphatic heterocycles. The van der Waals surface area contributed by atoms with Crippen LogP contribution in [0.25, 0.3) is 0 Å². The third kappa shape index (κ3) is 2.14. The molecule has 1 heterocycles. The van der Waals surface area contributed by atoms with Crippen molar-refractivity contribution < 1.29 is 19.4 Å². The van der Waals surface area contributed by atoms with Gasteiger partial charge in [0, 0.05) is 34.7 Å². The van der Waals surface area contributed by atoms with Crippen LogP contribution in [0.3, 0.4) is 0 Å². The number of carbonyl (C=O) groups excluding carboxylic acids is 2. The molecule has 8 atom stereocenters. The molecule has 0 radical (unpaired) electrons. The molecule has 0 amide bonds. The van der Waals surface area contributed by atoms with Crippen molar-refractivity contribution in [3.05, 3.63) is 24.3 Å². The van der Waals surface area contributed by atoms with Crippen LogP contribution in [-0.4, -0.2) is 28.6 Å². The summed E-state index contributed by atoms with van der Waals surface area (Å²) in [6.45, 7) is 12.4. The molecule has 1 spiro atoms. The second kappa shape index (κ2) is 5.63. The zero-order chi connectivity index (χ0) is 21.0. The Hall–Kier alpha value is -1.42. The molecule has 5 rings (SSSR count). The number of carbonyl (C=O) groups is 2. The number of rotatable bonds is 2. The molecule has 0 bridgehead atoms. The zero-order valence-electron chi connectivity index (χ0n) is 18.2. The summed E-state index contributed by atoms with van der Waals surface area (Å²) in [6.07, 6.45) is 8.41. The quantitative estimate of drug-likeness (QED) is 0.430. The van der Waals surface area contributed by atoms with E-state index in [1.54, 1.807) is 0 Å². The van der Waals surface area contributed by atoms with E-state index in [1.807, 2.05) is 19.9 Å². The van der Waals surface area contributed by atoms with Gasteiger partial charge in [-0.25, -0.2) is 4.79 Å². The van der Waals surface area contributed by atoms with Gasteiger partial charge >= 0.3 is 5.97 Å². The highest BCUT2D eigenvalue weighted by Crippen LogP contribution is 2.80. The van der Waals surface area contributed by atoms with Crippen LogP contribution in [0.2, 0.25) is 0 Å². The topological polar surface area (TPSA) is 63.6 Å². The average molecular weight is 399 g/mol. The Labute approximate surface area is 173 Å². The van der Waals surface area contributed by atoms with Gasteiger partial charge in [-0.2, -0.15) is 0 Å². The van der Waals surface area contributed by atoms with Crippen molar-refractivity contribution in [3.8, 4) is 0 Å². The van der Waals surface area contributed by atoms with E-state index in [4.69, 9.17) is 4.74 Å². The van der Waals surface area contributed by atoms with Crippen LogP contribution >= 0.6 is 0 Å². The average Bonchev–Trinajstić information content (AvgIpc) is 3.11. The monoisotopic (exact) mass is 398 g/mol. The minimum absolute atomic E-state index is 0.0445. The molecule has 4 nitrogen and oxygen atoms in total. The highest BCUT2D eigenvalue weighted by Gasteiger charge is 2.79. The molecule has 1 saturated heterocycles. The summed E-state index contributed by atoms with van der Waals surface area (Å²) in [6, 6.07) is 0. The van der Waals surface area contributed by atoms with E-state index >= 15 is 0 Å². The minimum Gasteiger partial charge on any atom is -0.458 e. The van der Waals surface area contributed by atoms with Crippen molar-refractivity contribution in [2.24, 2.45) is 39.9 Å². The highest BCUT2D eigenvalue weighted by molar-refractivity contribution is 5.92. The maximum absolute atomic E-state index is 13.5. The lowest BCUT2D eigenvalue weighted by atomic mass is 9.63. The second-order valence-electron chi connectivity index (χ2n) is 11.2. The van der Waals surface area contributed by atoms with Gasteiger partial charge in [-0.3, -0.25) is 4.79 Å². The van der Waals surface area contributed by atoms with E-state index < -0.39 is 11.0 Å². The number of Topliss-reactive ketones (excluding diaryl/α,β-unsaturated/α-hetero) is 1. The van der Waals surface area contributed by atoms with Gasteiger partial charge in [0.25, 0.3) is 0 Å². The number of ketones is 1. The summed E-state index contributed by atoms with van der Waals surface area (Å²) >= 11 is 0. The molecule has 4 saturated carbocycles. The van der Waals surface area contributed by atoms with Gasteiger partial charge in [0.15, 0.2) is 0 Å². The van der Waals surface area contributed by atoms with Crippen molar-refractivity contribution in [1.82, 2.24) is 0 Å². The highest BCUT2D eigenvalue weighted by atomic mass is 16.6. The number of allylic oxidation sites excluding steroid dienone is 1. The van der Waals surface area contributed by atoms with E-state index in [1.165, 1.54) is 0 Å². The number of esters is 1. The molecule has 5 fully saturated rings. The first-order valence-electron chi connectivity index (χ1n) is 11.3. The van der Waals surface area contributed by atoms with Gasteiger partial charge in [0.1, 0.15) is 11.9 Å². The number of hydrogen-bond acceptors (Lipinski definition) is 4. The maximum Gasteiger partial charge on any atom is 0.334 e. The molecule has 4 heteroatoms. The first kappa shape index (κ1) is 19.5. The number of hydrogen-bond donors (Lipinski definition) is 1. The largest absolute Gasteiger partial charge is 0.458 e. The molecule has 1 N–H and O–H groups in total. The van der Waals surface area contributed by atoms with Gasteiger partial charge in [-0.05, 0) is 63.2 Å². The summed E-state index contributed by atoms with van der Waals surface area (Å²) in [7, 11) is 0. The zero-order valence-corrected chi connectivity index (χ0v) is 18.2. The van der Waals surface area contributed by atoms with E-state index in [-0.39, 0.29) is 34.7 Å². The van der Waals surface area contributed by atoms with Crippen molar-refractivity contribution in [2.75, 3.05) is 0 Å². The fourth-order valence-electron chi connectivity index (χ4n) is 8.21. The van der Waals surface area contributed by atoms with Gasteiger partial charge in [0.05, 0.1) is 5.60 Å². The van der Waals surface area contributed by atoms with Crippen LogP contribution in [0.1, 0.15) is 66.2 Å². The SMILES string of the molecule is C=C1C(=O)OC2C1CCC(C)(O)C1(C=CC)CC3(CC21)C(=O)CC1(C(C)C)CC31. The smallest absolute Gasteiger partial charge is 0.334 e. The second-order valence-corrected chi connectivity index (χ2v) is 11.2. The van der Waals surface area contributed by atoms with Crippen molar-refractivity contribution >= 4 is 11.8 Å². The first-order chi connectivity index (χ1) is 13.5. The molecule has 29 heavy (non-hydrogen) atoms. The standard InChI is InChI=1S/C25H34O4/c1-6-8-25-13-24(18-11-23(18,14(2)3)12-19(24)26)10-17(25)20-16(7-9-22(25,5)28)15(4)21(27)29-20/h6,8,14,16-18,20,28H,4,7,9-13H2,1-3,5H3. The van der Waals surface area contributed by atoms with Crippen LogP contribution < -0.4 is 0 Å². The minimum atomic E-state index is -0.942. The Morgan fingerprint density at radius 2 is 2.00 bits per heavy atom. The molecule has 4 aliphatic carbocycles. The third-order valence-electron chi connectivity index (χ3n) is 9.99. The first-order valence-corrected chi connectivity index (χ1v) is 11.3. The molecule has 8 unspecified atom stereocenters. The predicted molar refractivity (Wildman–Crippen MR) is 110 cm³/mol. The van der Waals surface area contributed by atoms with Crippen LogP contribution in [0.5, 0.6) is 0 Å². The van der Waals surface area contributed by atoms with Crippen LogP contribution in [0.4, 0.5) is 0 Å². The Kier molecular flexibility index (Phi) is 3.79. The Bertz CT molecular complexity index is 838. The van der Waals surface area contributed by atoms with Gasteiger partial charge in [-0.15, -0.1) is 0 Å². The molecule has 0 aromatic rings. The number of ether oxygens (including phenoxy) is 1. The molecule has 5 aliphatic rings. The normalized spacial score (nSPS) is 53.4. The molecular formula is C25H34O4. The number of aliphatic hydroxyl groups is 1. The van der Waals surface area contributed by atoms with E-state index in [2.05, 4.69) is 26.5 Å². The summed E-state index contributed by atoms with van der Waals surface area (Å²) in [5.41, 5.74) is -1.17. The number of fused-ring (bicyclic) bond motifs is 5.